The van der Waals surface area contributed by atoms with E-state index in [2.05, 4.69) is 20.4 Å². The largest absolute Gasteiger partial charge is 0.466 e. The molecular formula is C10H16O2. The molecule has 0 spiro atoms. The Bertz CT molecular complexity index is 206. The van der Waals surface area contributed by atoms with Crippen molar-refractivity contribution in [2.45, 2.75) is 20.8 Å². The van der Waals surface area contributed by atoms with Crippen molar-refractivity contribution in [3.05, 3.63) is 12.7 Å². The lowest BCUT2D eigenvalue weighted by Gasteiger charge is -2.01. The van der Waals surface area contributed by atoms with E-state index in [1.54, 1.807) is 0 Å². The summed E-state index contributed by atoms with van der Waals surface area (Å²) in [7, 11) is 0. The smallest absolute Gasteiger partial charge is 0.310 e. The van der Waals surface area contributed by atoms with Crippen molar-refractivity contribution in [2.75, 3.05) is 6.61 Å². The first-order valence-corrected chi connectivity index (χ1v) is 4.34. The fraction of sp³-hybridized carbons (Fsp3) is 0.700. The SMILES string of the molecule is C=C[C@H]1[C@@H](C(=O)OCC)C1(C)C. The van der Waals surface area contributed by atoms with Gasteiger partial charge in [0.05, 0.1) is 12.5 Å². The Labute approximate surface area is 73.6 Å². The monoisotopic (exact) mass is 168 g/mol. The summed E-state index contributed by atoms with van der Waals surface area (Å²) in [4.78, 5) is 11.3. The van der Waals surface area contributed by atoms with Gasteiger partial charge in [0, 0.05) is 0 Å². The number of esters is 1. The first-order chi connectivity index (χ1) is 5.55. The first-order valence-electron chi connectivity index (χ1n) is 4.34. The molecule has 1 rings (SSSR count). The molecule has 1 aliphatic carbocycles. The molecule has 12 heavy (non-hydrogen) atoms. The van der Waals surface area contributed by atoms with Gasteiger partial charge in [0.2, 0.25) is 0 Å². The molecule has 2 heteroatoms. The van der Waals surface area contributed by atoms with E-state index in [9.17, 15) is 4.79 Å². The van der Waals surface area contributed by atoms with Crippen LogP contribution in [0.5, 0.6) is 0 Å². The summed E-state index contributed by atoms with van der Waals surface area (Å²) in [6.07, 6.45) is 1.85. The van der Waals surface area contributed by atoms with Gasteiger partial charge in [0.1, 0.15) is 0 Å². The van der Waals surface area contributed by atoms with Crippen LogP contribution in [0.25, 0.3) is 0 Å². The zero-order chi connectivity index (χ0) is 9.35. The number of hydrogen-bond donors (Lipinski definition) is 0. The van der Waals surface area contributed by atoms with Gasteiger partial charge in [-0.1, -0.05) is 19.9 Å². The summed E-state index contributed by atoms with van der Waals surface area (Å²) in [5.41, 5.74) is 0.0635. The zero-order valence-corrected chi connectivity index (χ0v) is 7.96. The Kier molecular flexibility index (Phi) is 2.27. The molecule has 0 saturated heterocycles. The average Bonchev–Trinajstić information content (AvgIpc) is 2.53. The van der Waals surface area contributed by atoms with Crippen LogP contribution in [0.4, 0.5) is 0 Å². The molecule has 0 amide bonds. The highest BCUT2D eigenvalue weighted by Crippen LogP contribution is 2.59. The summed E-state index contributed by atoms with van der Waals surface area (Å²) in [5.74, 6) is 0.263. The van der Waals surface area contributed by atoms with E-state index in [1.165, 1.54) is 0 Å². The van der Waals surface area contributed by atoms with Gasteiger partial charge in [0.15, 0.2) is 0 Å². The molecule has 68 valence electrons. The van der Waals surface area contributed by atoms with E-state index in [1.807, 2.05) is 13.0 Å². The van der Waals surface area contributed by atoms with Gasteiger partial charge < -0.3 is 4.74 Å². The van der Waals surface area contributed by atoms with Gasteiger partial charge in [-0.2, -0.15) is 0 Å². The molecule has 0 aromatic rings. The Morgan fingerprint density at radius 3 is 2.58 bits per heavy atom. The molecule has 0 aliphatic heterocycles. The fourth-order valence-corrected chi connectivity index (χ4v) is 1.80. The molecule has 0 aromatic carbocycles. The third kappa shape index (κ3) is 1.26. The normalized spacial score (nSPS) is 30.9. The van der Waals surface area contributed by atoms with Crippen LogP contribution in [0.15, 0.2) is 12.7 Å². The van der Waals surface area contributed by atoms with Gasteiger partial charge >= 0.3 is 5.97 Å². The van der Waals surface area contributed by atoms with Crippen molar-refractivity contribution in [1.82, 2.24) is 0 Å². The molecule has 0 bridgehead atoms. The zero-order valence-electron chi connectivity index (χ0n) is 7.96. The van der Waals surface area contributed by atoms with Gasteiger partial charge in [-0.15, -0.1) is 6.58 Å². The molecule has 2 atom stereocenters. The van der Waals surface area contributed by atoms with Gasteiger partial charge in [0.25, 0.3) is 0 Å². The predicted molar refractivity (Wildman–Crippen MR) is 47.6 cm³/mol. The maximum Gasteiger partial charge on any atom is 0.310 e. The second-order valence-electron chi connectivity index (χ2n) is 3.81. The Morgan fingerprint density at radius 1 is 1.67 bits per heavy atom. The van der Waals surface area contributed by atoms with E-state index >= 15 is 0 Å². The van der Waals surface area contributed by atoms with E-state index in [0.29, 0.717) is 12.5 Å². The maximum absolute atomic E-state index is 11.3. The Balaban J connectivity index is 2.57. The summed E-state index contributed by atoms with van der Waals surface area (Å²) in [6.45, 7) is 10.1. The molecule has 0 radical (unpaired) electrons. The van der Waals surface area contributed by atoms with Crippen molar-refractivity contribution >= 4 is 5.97 Å². The lowest BCUT2D eigenvalue weighted by atomic mass is 10.1. The molecule has 2 nitrogen and oxygen atoms in total. The van der Waals surface area contributed by atoms with Crippen molar-refractivity contribution < 1.29 is 9.53 Å². The molecule has 1 aliphatic rings. The van der Waals surface area contributed by atoms with Crippen LogP contribution in [-0.2, 0) is 9.53 Å². The summed E-state index contributed by atoms with van der Waals surface area (Å²) >= 11 is 0. The molecule has 0 N–H and O–H groups in total. The van der Waals surface area contributed by atoms with Crippen LogP contribution < -0.4 is 0 Å². The molecule has 0 aromatic heterocycles. The van der Waals surface area contributed by atoms with Gasteiger partial charge in [-0.05, 0) is 18.3 Å². The second kappa shape index (κ2) is 2.92. The van der Waals surface area contributed by atoms with Crippen molar-refractivity contribution in [2.24, 2.45) is 17.3 Å². The number of carbonyl (C=O) groups excluding carboxylic acids is 1. The van der Waals surface area contributed by atoms with E-state index < -0.39 is 0 Å². The Morgan fingerprint density at radius 2 is 2.25 bits per heavy atom. The summed E-state index contributed by atoms with van der Waals surface area (Å²) in [5, 5.41) is 0. The topological polar surface area (TPSA) is 26.3 Å². The first kappa shape index (κ1) is 9.30. The summed E-state index contributed by atoms with van der Waals surface area (Å²) < 4.78 is 4.95. The number of rotatable bonds is 3. The minimum atomic E-state index is -0.0765. The van der Waals surface area contributed by atoms with Crippen molar-refractivity contribution in [1.29, 1.82) is 0 Å². The number of carbonyl (C=O) groups is 1. The van der Waals surface area contributed by atoms with Crippen LogP contribution >= 0.6 is 0 Å². The van der Waals surface area contributed by atoms with Crippen molar-refractivity contribution in [3.63, 3.8) is 0 Å². The predicted octanol–water partition coefficient (Wildman–Crippen LogP) is 2.01. The maximum atomic E-state index is 11.3. The molecule has 1 saturated carbocycles. The number of ether oxygens (including phenoxy) is 1. The Hall–Kier alpha value is -0.790. The van der Waals surface area contributed by atoms with Crippen LogP contribution in [0.2, 0.25) is 0 Å². The van der Waals surface area contributed by atoms with E-state index in [0.717, 1.165) is 0 Å². The van der Waals surface area contributed by atoms with Crippen LogP contribution in [0.3, 0.4) is 0 Å². The van der Waals surface area contributed by atoms with Crippen LogP contribution in [-0.4, -0.2) is 12.6 Å². The third-order valence-electron chi connectivity index (χ3n) is 2.71. The van der Waals surface area contributed by atoms with Gasteiger partial charge in [-0.25, -0.2) is 0 Å². The molecule has 1 fully saturated rings. The lowest BCUT2D eigenvalue weighted by Crippen LogP contribution is -2.10. The lowest BCUT2D eigenvalue weighted by molar-refractivity contribution is -0.145. The highest BCUT2D eigenvalue weighted by molar-refractivity contribution is 5.78. The van der Waals surface area contributed by atoms with Crippen LogP contribution in [0.1, 0.15) is 20.8 Å². The van der Waals surface area contributed by atoms with Gasteiger partial charge in [-0.3, -0.25) is 4.79 Å². The van der Waals surface area contributed by atoms with E-state index in [-0.39, 0.29) is 17.3 Å². The second-order valence-corrected chi connectivity index (χ2v) is 3.81. The van der Waals surface area contributed by atoms with E-state index in [4.69, 9.17) is 4.74 Å². The molecule has 0 unspecified atom stereocenters. The van der Waals surface area contributed by atoms with Crippen LogP contribution in [0, 0.1) is 17.3 Å². The van der Waals surface area contributed by atoms with Crippen molar-refractivity contribution in [3.8, 4) is 0 Å². The number of allylic oxidation sites excluding steroid dienone is 1. The standard InChI is InChI=1S/C10H16O2/c1-5-7-8(10(7,3)4)9(11)12-6-2/h5,7-8H,1,6H2,2-4H3/t7-,8-/m0/s1. The quantitative estimate of drug-likeness (QED) is 0.476. The molecule has 0 heterocycles. The third-order valence-corrected chi connectivity index (χ3v) is 2.71. The summed E-state index contributed by atoms with van der Waals surface area (Å²) in [6, 6.07) is 0. The molecular weight excluding hydrogens is 152 g/mol. The highest BCUT2D eigenvalue weighted by Gasteiger charge is 2.60. The fourth-order valence-electron chi connectivity index (χ4n) is 1.80. The minimum Gasteiger partial charge on any atom is -0.466 e. The average molecular weight is 168 g/mol. The number of hydrogen-bond acceptors (Lipinski definition) is 2. The highest BCUT2D eigenvalue weighted by atomic mass is 16.5. The minimum absolute atomic E-state index is 0.0370.